The van der Waals surface area contributed by atoms with Gasteiger partial charge >= 0.3 is 0 Å². The lowest BCUT2D eigenvalue weighted by Gasteiger charge is -2.34. The molecular formula is C23H27N3. The molecule has 5 rings (SSSR count). The molecule has 1 aliphatic heterocycles. The Balaban J connectivity index is 1.21. The maximum Gasteiger partial charge on any atom is 0.0960 e. The second kappa shape index (κ2) is 6.55. The molecule has 3 heteroatoms. The summed E-state index contributed by atoms with van der Waals surface area (Å²) in [5.41, 5.74) is 6.87. The number of hydrogen-bond donors (Lipinski definition) is 0. The topological polar surface area (TPSA) is 21.1 Å². The van der Waals surface area contributed by atoms with Crippen LogP contribution in [0.1, 0.15) is 35.6 Å². The summed E-state index contributed by atoms with van der Waals surface area (Å²) in [5.74, 6) is 0.806. The molecule has 0 saturated carbocycles. The van der Waals surface area contributed by atoms with Crippen LogP contribution in [0, 0.1) is 12.8 Å². The van der Waals surface area contributed by atoms with Crippen LogP contribution in [-0.4, -0.2) is 34.1 Å². The van der Waals surface area contributed by atoms with Gasteiger partial charge in [0.1, 0.15) is 0 Å². The van der Waals surface area contributed by atoms with Crippen LogP contribution in [0.2, 0.25) is 0 Å². The van der Waals surface area contributed by atoms with Crippen LogP contribution in [0.15, 0.2) is 48.8 Å². The summed E-state index contributed by atoms with van der Waals surface area (Å²) in [6, 6.07) is 16.2. The normalized spacial score (nSPS) is 19.3. The van der Waals surface area contributed by atoms with Crippen LogP contribution in [-0.2, 0) is 12.8 Å². The number of fused-ring (bicyclic) bond motifs is 2. The molecule has 1 aliphatic carbocycles. The third-order valence-corrected chi connectivity index (χ3v) is 6.33. The summed E-state index contributed by atoms with van der Waals surface area (Å²) < 4.78 is 2.41. The van der Waals surface area contributed by atoms with E-state index in [0.29, 0.717) is 6.04 Å². The molecule has 1 saturated heterocycles. The molecule has 0 unspecified atom stereocenters. The van der Waals surface area contributed by atoms with Crippen molar-refractivity contribution in [3.8, 4) is 0 Å². The highest BCUT2D eigenvalue weighted by atomic mass is 15.2. The Morgan fingerprint density at radius 2 is 1.73 bits per heavy atom. The van der Waals surface area contributed by atoms with Gasteiger partial charge < -0.3 is 9.47 Å². The summed E-state index contributed by atoms with van der Waals surface area (Å²) in [4.78, 5) is 7.32. The third kappa shape index (κ3) is 2.95. The van der Waals surface area contributed by atoms with Crippen LogP contribution in [0.3, 0.4) is 0 Å². The molecule has 3 nitrogen and oxygen atoms in total. The average Bonchev–Trinajstić information content (AvgIpc) is 3.25. The number of hydrogen-bond acceptors (Lipinski definition) is 2. The largest absolute Gasteiger partial charge is 0.327 e. The Morgan fingerprint density at radius 3 is 2.46 bits per heavy atom. The number of aromatic nitrogens is 2. The molecule has 0 atom stereocenters. The highest BCUT2D eigenvalue weighted by Crippen LogP contribution is 2.30. The van der Waals surface area contributed by atoms with Crippen molar-refractivity contribution in [1.82, 2.24) is 14.5 Å². The van der Waals surface area contributed by atoms with Crippen molar-refractivity contribution < 1.29 is 0 Å². The van der Waals surface area contributed by atoms with Crippen molar-refractivity contribution in [2.75, 3.05) is 19.6 Å². The fraction of sp³-hybridized carbons (Fsp3) is 0.435. The number of imidazole rings is 1. The minimum Gasteiger partial charge on any atom is -0.327 e. The van der Waals surface area contributed by atoms with Gasteiger partial charge in [0.2, 0.25) is 0 Å². The monoisotopic (exact) mass is 345 g/mol. The summed E-state index contributed by atoms with van der Waals surface area (Å²) >= 11 is 0. The van der Waals surface area contributed by atoms with E-state index in [1.54, 1.807) is 11.1 Å². The van der Waals surface area contributed by atoms with Gasteiger partial charge in [0.05, 0.1) is 17.4 Å². The van der Waals surface area contributed by atoms with Gasteiger partial charge in [0.15, 0.2) is 0 Å². The predicted molar refractivity (Wildman–Crippen MR) is 107 cm³/mol. The first-order valence-electron chi connectivity index (χ1n) is 9.98. The summed E-state index contributed by atoms with van der Waals surface area (Å²) in [5, 5.41) is 0. The van der Waals surface area contributed by atoms with Gasteiger partial charge in [-0.3, -0.25) is 0 Å². The quantitative estimate of drug-likeness (QED) is 0.702. The Labute approximate surface area is 155 Å². The minimum atomic E-state index is 0.597. The van der Waals surface area contributed by atoms with Crippen molar-refractivity contribution in [2.45, 2.75) is 38.6 Å². The van der Waals surface area contributed by atoms with E-state index in [-0.39, 0.29) is 0 Å². The first-order chi connectivity index (χ1) is 12.8. The smallest absolute Gasteiger partial charge is 0.0960 e. The van der Waals surface area contributed by atoms with Crippen molar-refractivity contribution in [1.29, 1.82) is 0 Å². The molecule has 1 fully saturated rings. The van der Waals surface area contributed by atoms with Gasteiger partial charge in [-0.1, -0.05) is 30.3 Å². The molecule has 0 bridgehead atoms. The van der Waals surface area contributed by atoms with Crippen LogP contribution in [0.25, 0.3) is 11.0 Å². The lowest BCUT2D eigenvalue weighted by Crippen LogP contribution is -2.37. The SMILES string of the molecule is Cc1ccc2c(c1)ncn2C1CCN(CC2Cc3ccccc3C2)CC1. The molecule has 2 heterocycles. The van der Waals surface area contributed by atoms with E-state index in [1.807, 2.05) is 0 Å². The third-order valence-electron chi connectivity index (χ3n) is 6.33. The van der Waals surface area contributed by atoms with Gasteiger partial charge in [0, 0.05) is 25.7 Å². The van der Waals surface area contributed by atoms with Crippen molar-refractivity contribution in [3.63, 3.8) is 0 Å². The Hall–Kier alpha value is -2.13. The number of piperidine rings is 1. The minimum absolute atomic E-state index is 0.597. The molecular weight excluding hydrogens is 318 g/mol. The average molecular weight is 345 g/mol. The maximum absolute atomic E-state index is 4.63. The van der Waals surface area contributed by atoms with E-state index >= 15 is 0 Å². The van der Waals surface area contributed by atoms with E-state index in [0.717, 1.165) is 11.4 Å². The van der Waals surface area contributed by atoms with Gasteiger partial charge in [-0.2, -0.15) is 0 Å². The molecule has 0 spiro atoms. The first kappa shape index (κ1) is 16.1. The molecule has 26 heavy (non-hydrogen) atoms. The van der Waals surface area contributed by atoms with Crippen LogP contribution in [0.4, 0.5) is 0 Å². The lowest BCUT2D eigenvalue weighted by atomic mass is 10.0. The van der Waals surface area contributed by atoms with Crippen LogP contribution >= 0.6 is 0 Å². The standard InChI is InChI=1S/C23H27N3/c1-17-6-7-23-22(12-17)24-16-26(23)21-8-10-25(11-9-21)15-18-13-19-4-2-3-5-20(19)14-18/h2-7,12,16,18,21H,8-11,13-15H2,1H3. The van der Waals surface area contributed by atoms with Gasteiger partial charge in [0.25, 0.3) is 0 Å². The molecule has 134 valence electrons. The summed E-state index contributed by atoms with van der Waals surface area (Å²) in [6.07, 6.45) is 7.05. The van der Waals surface area contributed by atoms with Gasteiger partial charge in [-0.05, 0) is 67.3 Å². The van der Waals surface area contributed by atoms with Gasteiger partial charge in [-0.15, -0.1) is 0 Å². The highest BCUT2D eigenvalue weighted by Gasteiger charge is 2.26. The molecule has 2 aliphatic rings. The number of rotatable bonds is 3. The maximum atomic E-state index is 4.63. The van der Waals surface area contributed by atoms with E-state index in [9.17, 15) is 0 Å². The number of likely N-dealkylation sites (tertiary alicyclic amines) is 1. The van der Waals surface area contributed by atoms with Crippen LogP contribution < -0.4 is 0 Å². The number of benzene rings is 2. The lowest BCUT2D eigenvalue weighted by molar-refractivity contribution is 0.165. The second-order valence-electron chi connectivity index (χ2n) is 8.22. The zero-order valence-corrected chi connectivity index (χ0v) is 15.6. The first-order valence-corrected chi connectivity index (χ1v) is 9.98. The predicted octanol–water partition coefficient (Wildman–Crippen LogP) is 4.40. The Kier molecular flexibility index (Phi) is 4.05. The second-order valence-corrected chi connectivity index (χ2v) is 8.22. The molecule has 3 aromatic rings. The molecule has 0 radical (unpaired) electrons. The fourth-order valence-electron chi connectivity index (χ4n) is 4.96. The fourth-order valence-corrected chi connectivity index (χ4v) is 4.96. The highest BCUT2D eigenvalue weighted by molar-refractivity contribution is 5.76. The van der Waals surface area contributed by atoms with Crippen molar-refractivity contribution in [3.05, 3.63) is 65.5 Å². The summed E-state index contributed by atoms with van der Waals surface area (Å²) in [7, 11) is 0. The van der Waals surface area contributed by atoms with E-state index in [2.05, 4.69) is 70.2 Å². The van der Waals surface area contributed by atoms with Gasteiger partial charge in [-0.25, -0.2) is 4.98 Å². The van der Waals surface area contributed by atoms with E-state index < -0.39 is 0 Å². The molecule has 2 aromatic carbocycles. The summed E-state index contributed by atoms with van der Waals surface area (Å²) in [6.45, 7) is 5.82. The molecule has 0 amide bonds. The van der Waals surface area contributed by atoms with Crippen molar-refractivity contribution in [2.24, 2.45) is 5.92 Å². The Bertz CT molecular complexity index is 893. The number of aryl methyl sites for hydroxylation is 1. The van der Waals surface area contributed by atoms with Crippen molar-refractivity contribution >= 4 is 11.0 Å². The van der Waals surface area contributed by atoms with Crippen LogP contribution in [0.5, 0.6) is 0 Å². The number of nitrogens with zero attached hydrogens (tertiary/aromatic N) is 3. The zero-order chi connectivity index (χ0) is 17.5. The van der Waals surface area contributed by atoms with E-state index in [1.165, 1.54) is 56.4 Å². The zero-order valence-electron chi connectivity index (χ0n) is 15.6. The molecule has 1 aromatic heterocycles. The molecule has 0 N–H and O–H groups in total. The van der Waals surface area contributed by atoms with E-state index in [4.69, 9.17) is 0 Å². The Morgan fingerprint density at radius 1 is 1.00 bits per heavy atom.